The molecular weight excluding hydrogens is 290 g/mol. The van der Waals surface area contributed by atoms with Crippen LogP contribution in [0.1, 0.15) is 0 Å². The quantitative estimate of drug-likeness (QED) is 0.346. The van der Waals surface area contributed by atoms with E-state index >= 15 is 0 Å². The summed E-state index contributed by atoms with van der Waals surface area (Å²) < 4.78 is 0. The predicted octanol–water partition coefficient (Wildman–Crippen LogP) is 6.28. The average Bonchev–Trinajstić information content (AvgIpc) is 2.94. The van der Waals surface area contributed by atoms with Gasteiger partial charge in [0.25, 0.3) is 0 Å². The van der Waals surface area contributed by atoms with Gasteiger partial charge in [-0.25, -0.2) is 0 Å². The van der Waals surface area contributed by atoms with Crippen molar-refractivity contribution >= 4 is 55.0 Å². The van der Waals surface area contributed by atoms with Crippen LogP contribution in [0.4, 0.5) is 0 Å². The second kappa shape index (κ2) is 4.25. The van der Waals surface area contributed by atoms with Crippen LogP contribution in [0.5, 0.6) is 0 Å². The van der Waals surface area contributed by atoms with Crippen molar-refractivity contribution in [3.8, 4) is 0 Å². The highest BCUT2D eigenvalue weighted by Gasteiger charge is 2.12. The van der Waals surface area contributed by atoms with E-state index in [0.717, 1.165) is 21.4 Å². The molecule has 0 saturated heterocycles. The van der Waals surface area contributed by atoms with Crippen molar-refractivity contribution in [2.75, 3.05) is 0 Å². The molecule has 1 heterocycles. The van der Waals surface area contributed by atoms with E-state index in [1.54, 1.807) is 0 Å². The van der Waals surface area contributed by atoms with E-state index in [4.69, 9.17) is 11.6 Å². The summed E-state index contributed by atoms with van der Waals surface area (Å²) in [4.78, 5) is 3.52. The summed E-state index contributed by atoms with van der Waals surface area (Å²) in [6, 6.07) is 23.2. The number of hydrogen-bond acceptors (Lipinski definition) is 0. The molecule has 0 unspecified atom stereocenters. The van der Waals surface area contributed by atoms with Crippen molar-refractivity contribution in [1.82, 2.24) is 4.98 Å². The molecule has 0 atom stereocenters. The number of H-pyrrole nitrogens is 1. The van der Waals surface area contributed by atoms with Crippen LogP contribution in [0.2, 0.25) is 5.02 Å². The first-order valence-corrected chi connectivity index (χ1v) is 7.71. The van der Waals surface area contributed by atoms with E-state index in [9.17, 15) is 0 Å². The highest BCUT2D eigenvalue weighted by atomic mass is 35.5. The van der Waals surface area contributed by atoms with E-state index in [1.165, 1.54) is 26.9 Å². The third-order valence-electron chi connectivity index (χ3n) is 4.44. The van der Waals surface area contributed by atoms with E-state index in [2.05, 4.69) is 59.6 Å². The van der Waals surface area contributed by atoms with E-state index in [-0.39, 0.29) is 0 Å². The first-order valence-electron chi connectivity index (χ1n) is 7.33. The van der Waals surface area contributed by atoms with Crippen LogP contribution in [-0.4, -0.2) is 4.98 Å². The lowest BCUT2D eigenvalue weighted by Gasteiger charge is -2.04. The fraction of sp³-hybridized carbons (Fsp3) is 0. The number of aromatic nitrogens is 1. The maximum absolute atomic E-state index is 6.46. The third-order valence-corrected chi connectivity index (χ3v) is 4.76. The average molecular weight is 302 g/mol. The Hall–Kier alpha value is -2.51. The van der Waals surface area contributed by atoms with Gasteiger partial charge in [0, 0.05) is 27.2 Å². The Balaban J connectivity index is 2.18. The largest absolute Gasteiger partial charge is 0.354 e. The second-order valence-electron chi connectivity index (χ2n) is 5.66. The van der Waals surface area contributed by atoms with Gasteiger partial charge in [-0.2, -0.15) is 0 Å². The Morgan fingerprint density at radius 3 is 2.18 bits per heavy atom. The molecule has 0 radical (unpaired) electrons. The van der Waals surface area contributed by atoms with Gasteiger partial charge >= 0.3 is 0 Å². The molecule has 104 valence electrons. The zero-order valence-corrected chi connectivity index (χ0v) is 12.5. The zero-order valence-electron chi connectivity index (χ0n) is 11.7. The summed E-state index contributed by atoms with van der Waals surface area (Å²) in [5, 5.41) is 8.17. The Bertz CT molecular complexity index is 1180. The molecule has 0 bridgehead atoms. The van der Waals surface area contributed by atoms with E-state index < -0.39 is 0 Å². The highest BCUT2D eigenvalue weighted by molar-refractivity contribution is 6.39. The van der Waals surface area contributed by atoms with Gasteiger partial charge in [0.1, 0.15) is 0 Å². The number of halogens is 1. The smallest absolute Gasteiger partial charge is 0.0505 e. The van der Waals surface area contributed by atoms with Crippen LogP contribution in [-0.2, 0) is 0 Å². The van der Waals surface area contributed by atoms with Crippen LogP contribution in [0.3, 0.4) is 0 Å². The summed E-state index contributed by atoms with van der Waals surface area (Å²) >= 11 is 6.46. The molecule has 1 aromatic heterocycles. The SMILES string of the molecule is Clc1cc2[nH]c3ccc4ccccc4c3c2c2ccccc12. The molecule has 0 aliphatic heterocycles. The van der Waals surface area contributed by atoms with Crippen molar-refractivity contribution in [1.29, 1.82) is 0 Å². The molecule has 22 heavy (non-hydrogen) atoms. The topological polar surface area (TPSA) is 15.8 Å². The minimum atomic E-state index is 0.791. The van der Waals surface area contributed by atoms with Gasteiger partial charge in [-0.15, -0.1) is 0 Å². The van der Waals surface area contributed by atoms with Crippen LogP contribution in [0.15, 0.2) is 66.7 Å². The van der Waals surface area contributed by atoms with E-state index in [0.29, 0.717) is 0 Å². The van der Waals surface area contributed by atoms with Crippen LogP contribution >= 0.6 is 11.6 Å². The normalized spacial score (nSPS) is 11.9. The standard InChI is InChI=1S/C20H12ClN/c21-16-11-18-20(15-8-4-3-7-14(15)16)19-13-6-2-1-5-12(13)9-10-17(19)22-18/h1-11,22H. The van der Waals surface area contributed by atoms with Crippen molar-refractivity contribution in [2.24, 2.45) is 0 Å². The molecule has 5 aromatic rings. The number of nitrogens with one attached hydrogen (secondary N) is 1. The summed E-state index contributed by atoms with van der Waals surface area (Å²) in [6.07, 6.45) is 0. The first kappa shape index (κ1) is 12.1. The van der Waals surface area contributed by atoms with Gasteiger partial charge in [-0.05, 0) is 28.3 Å². The second-order valence-corrected chi connectivity index (χ2v) is 6.07. The van der Waals surface area contributed by atoms with Gasteiger partial charge in [0.2, 0.25) is 0 Å². The minimum Gasteiger partial charge on any atom is -0.354 e. The number of benzene rings is 4. The van der Waals surface area contributed by atoms with Crippen LogP contribution in [0, 0.1) is 0 Å². The minimum absolute atomic E-state index is 0.791. The Morgan fingerprint density at radius 1 is 0.636 bits per heavy atom. The number of aromatic amines is 1. The Morgan fingerprint density at radius 2 is 1.32 bits per heavy atom. The summed E-state index contributed by atoms with van der Waals surface area (Å²) in [5.41, 5.74) is 2.25. The summed E-state index contributed by atoms with van der Waals surface area (Å²) in [7, 11) is 0. The molecular formula is C20H12ClN. The molecule has 1 N–H and O–H groups in total. The van der Waals surface area contributed by atoms with Gasteiger partial charge < -0.3 is 4.98 Å². The summed E-state index contributed by atoms with van der Waals surface area (Å²) in [5.74, 6) is 0. The number of rotatable bonds is 0. The molecule has 0 fully saturated rings. The van der Waals surface area contributed by atoms with Gasteiger partial charge in [0.05, 0.1) is 5.02 Å². The van der Waals surface area contributed by atoms with Crippen molar-refractivity contribution in [3.05, 3.63) is 71.8 Å². The van der Waals surface area contributed by atoms with Gasteiger partial charge in [0.15, 0.2) is 0 Å². The molecule has 0 aliphatic carbocycles. The van der Waals surface area contributed by atoms with Gasteiger partial charge in [-0.1, -0.05) is 66.2 Å². The summed E-state index contributed by atoms with van der Waals surface area (Å²) in [6.45, 7) is 0. The molecule has 0 amide bonds. The lowest BCUT2D eigenvalue weighted by atomic mass is 10.00. The molecule has 5 rings (SSSR count). The third kappa shape index (κ3) is 1.49. The van der Waals surface area contributed by atoms with Crippen molar-refractivity contribution in [2.45, 2.75) is 0 Å². The van der Waals surface area contributed by atoms with Crippen LogP contribution < -0.4 is 0 Å². The molecule has 0 spiro atoms. The fourth-order valence-electron chi connectivity index (χ4n) is 3.49. The molecule has 4 aromatic carbocycles. The predicted molar refractivity (Wildman–Crippen MR) is 95.8 cm³/mol. The maximum atomic E-state index is 6.46. The number of fused-ring (bicyclic) bond motifs is 7. The molecule has 1 nitrogen and oxygen atoms in total. The van der Waals surface area contributed by atoms with Crippen molar-refractivity contribution < 1.29 is 0 Å². The molecule has 0 saturated carbocycles. The lowest BCUT2D eigenvalue weighted by Crippen LogP contribution is -1.78. The number of hydrogen-bond donors (Lipinski definition) is 1. The highest BCUT2D eigenvalue weighted by Crippen LogP contribution is 2.39. The maximum Gasteiger partial charge on any atom is 0.0505 e. The Kier molecular flexibility index (Phi) is 2.33. The zero-order chi connectivity index (χ0) is 14.7. The monoisotopic (exact) mass is 301 g/mol. The van der Waals surface area contributed by atoms with Crippen LogP contribution in [0.25, 0.3) is 43.4 Å². The Labute approximate surface area is 132 Å². The van der Waals surface area contributed by atoms with E-state index in [1.807, 2.05) is 12.1 Å². The lowest BCUT2D eigenvalue weighted by molar-refractivity contribution is 1.56. The molecule has 2 heteroatoms. The first-order chi connectivity index (χ1) is 10.8. The van der Waals surface area contributed by atoms with Crippen molar-refractivity contribution in [3.63, 3.8) is 0 Å². The fourth-order valence-corrected chi connectivity index (χ4v) is 3.76. The molecule has 0 aliphatic rings. The van der Waals surface area contributed by atoms with Gasteiger partial charge in [-0.3, -0.25) is 0 Å².